The summed E-state index contributed by atoms with van der Waals surface area (Å²) in [6.45, 7) is 0. The van der Waals surface area contributed by atoms with Gasteiger partial charge >= 0.3 is 11.9 Å². The van der Waals surface area contributed by atoms with Gasteiger partial charge in [-0.05, 0) is 83.6 Å². The number of benzene rings is 6. The zero-order chi connectivity index (χ0) is 30.2. The number of para-hydroxylation sites is 4. The van der Waals surface area contributed by atoms with Crippen molar-refractivity contribution < 1.29 is 28.4 Å². The molecule has 0 radical (unpaired) electrons. The molecule has 0 heterocycles. The molecule has 0 amide bonds. The number of hydrogen-bond acceptors (Lipinski definition) is 6. The lowest BCUT2D eigenvalue weighted by Gasteiger charge is -2.34. The monoisotopic (exact) mass is 584 g/mol. The Balaban J connectivity index is 1.41. The van der Waals surface area contributed by atoms with Gasteiger partial charge in [-0.1, -0.05) is 84.9 Å². The van der Waals surface area contributed by atoms with Crippen LogP contribution in [0.2, 0.25) is 0 Å². The summed E-state index contributed by atoms with van der Waals surface area (Å²) >= 11 is 0. The van der Waals surface area contributed by atoms with Crippen LogP contribution >= 0.6 is 0 Å². The van der Waals surface area contributed by atoms with E-state index in [9.17, 15) is 0 Å². The molecule has 0 saturated carbocycles. The van der Waals surface area contributed by atoms with Gasteiger partial charge in [0, 0.05) is 14.2 Å². The van der Waals surface area contributed by atoms with E-state index in [-0.39, 0.29) is 0 Å². The molecule has 0 unspecified atom stereocenters. The van der Waals surface area contributed by atoms with Crippen LogP contribution in [-0.4, -0.2) is 14.2 Å². The Morgan fingerprint density at radius 1 is 0.341 bits per heavy atom. The highest BCUT2D eigenvalue weighted by Crippen LogP contribution is 2.37. The lowest BCUT2D eigenvalue weighted by molar-refractivity contribution is -0.301. The van der Waals surface area contributed by atoms with Crippen molar-refractivity contribution >= 4 is 10.8 Å². The molecule has 0 atom stereocenters. The van der Waals surface area contributed by atoms with Gasteiger partial charge < -0.3 is 28.4 Å². The van der Waals surface area contributed by atoms with Gasteiger partial charge in [0.05, 0.1) is 11.1 Å². The SMILES string of the molecule is COC(Oc1ccccc1)(Oc1ccccc1)c1ccc2cc(C(OC)(Oc3ccccc3)Oc3ccccc3)ccc2c1. The number of methoxy groups -OCH3 is 2. The molecule has 0 spiro atoms. The Morgan fingerprint density at radius 2 is 0.614 bits per heavy atom. The summed E-state index contributed by atoms with van der Waals surface area (Å²) in [5.74, 6) is -0.718. The first-order chi connectivity index (χ1) is 21.6. The van der Waals surface area contributed by atoms with Crippen LogP contribution in [-0.2, 0) is 21.4 Å². The van der Waals surface area contributed by atoms with E-state index in [1.54, 1.807) is 14.2 Å². The summed E-state index contributed by atoms with van der Waals surface area (Å²) in [5, 5.41) is 1.84. The second kappa shape index (κ2) is 12.9. The molecule has 6 rings (SSSR count). The molecule has 0 N–H and O–H groups in total. The van der Waals surface area contributed by atoms with Gasteiger partial charge in [-0.15, -0.1) is 0 Å². The number of fused-ring (bicyclic) bond motifs is 1. The third kappa shape index (κ3) is 6.22. The Kier molecular flexibility index (Phi) is 8.46. The minimum absolute atomic E-state index is 0.599. The first-order valence-electron chi connectivity index (χ1n) is 14.2. The van der Waals surface area contributed by atoms with Crippen molar-refractivity contribution in [3.05, 3.63) is 169 Å². The first kappa shape index (κ1) is 28.8. The topological polar surface area (TPSA) is 55.4 Å². The van der Waals surface area contributed by atoms with Crippen LogP contribution in [0.15, 0.2) is 158 Å². The lowest BCUT2D eigenvalue weighted by Crippen LogP contribution is -2.42. The molecular formula is C38H32O6. The van der Waals surface area contributed by atoms with Gasteiger partial charge in [0.25, 0.3) is 0 Å². The molecule has 0 aromatic heterocycles. The molecular weight excluding hydrogens is 552 g/mol. The van der Waals surface area contributed by atoms with Gasteiger partial charge in [-0.3, -0.25) is 0 Å². The maximum absolute atomic E-state index is 6.41. The summed E-state index contributed by atoms with van der Waals surface area (Å²) in [4.78, 5) is 0. The largest absolute Gasteiger partial charge is 0.426 e. The van der Waals surface area contributed by atoms with Crippen molar-refractivity contribution in [1.82, 2.24) is 0 Å². The predicted octanol–water partition coefficient (Wildman–Crippen LogP) is 8.67. The van der Waals surface area contributed by atoms with Crippen molar-refractivity contribution in [3.8, 4) is 23.0 Å². The molecule has 0 aliphatic rings. The van der Waals surface area contributed by atoms with E-state index in [1.165, 1.54) is 0 Å². The molecule has 6 nitrogen and oxygen atoms in total. The van der Waals surface area contributed by atoms with Gasteiger partial charge in [0.15, 0.2) is 0 Å². The van der Waals surface area contributed by atoms with Crippen molar-refractivity contribution in [2.24, 2.45) is 0 Å². The summed E-state index contributed by atoms with van der Waals surface area (Å²) in [5.41, 5.74) is 1.35. The standard InChI is InChI=1S/C38H32O6/c1-39-37(41-33-15-7-3-8-16-33,42-34-17-9-4-10-18-34)31-25-23-30-28-32(26-24-29(30)27-31)38(40-2,43-35-19-11-5-12-20-35)44-36-21-13-6-14-22-36/h3-28H,1-2H3. The van der Waals surface area contributed by atoms with E-state index in [2.05, 4.69) is 0 Å². The van der Waals surface area contributed by atoms with Crippen LogP contribution in [0.4, 0.5) is 0 Å². The van der Waals surface area contributed by atoms with Crippen LogP contribution in [0.3, 0.4) is 0 Å². The molecule has 0 aliphatic heterocycles. The van der Waals surface area contributed by atoms with E-state index in [0.717, 1.165) is 10.8 Å². The average molecular weight is 585 g/mol. The van der Waals surface area contributed by atoms with Crippen LogP contribution in [0.1, 0.15) is 11.1 Å². The summed E-state index contributed by atoms with van der Waals surface area (Å²) in [7, 11) is 3.13. The molecule has 6 aromatic rings. The first-order valence-corrected chi connectivity index (χ1v) is 14.2. The third-order valence-electron chi connectivity index (χ3n) is 7.07. The van der Waals surface area contributed by atoms with Crippen molar-refractivity contribution in [1.29, 1.82) is 0 Å². The zero-order valence-electron chi connectivity index (χ0n) is 24.5. The van der Waals surface area contributed by atoms with Gasteiger partial charge in [-0.2, -0.15) is 0 Å². The quantitative estimate of drug-likeness (QED) is 0.134. The molecule has 44 heavy (non-hydrogen) atoms. The Morgan fingerprint density at radius 3 is 0.864 bits per heavy atom. The van der Waals surface area contributed by atoms with Crippen molar-refractivity contribution in [2.75, 3.05) is 14.2 Å². The lowest BCUT2D eigenvalue weighted by atomic mass is 10.0. The molecule has 0 fully saturated rings. The minimum Gasteiger partial charge on any atom is -0.426 e. The van der Waals surface area contributed by atoms with Crippen LogP contribution in [0.5, 0.6) is 23.0 Å². The van der Waals surface area contributed by atoms with Crippen molar-refractivity contribution in [3.63, 3.8) is 0 Å². The number of ether oxygens (including phenoxy) is 6. The van der Waals surface area contributed by atoms with Crippen LogP contribution in [0, 0.1) is 0 Å². The highest BCUT2D eigenvalue weighted by Gasteiger charge is 2.41. The normalized spacial score (nSPS) is 11.6. The van der Waals surface area contributed by atoms with E-state index in [4.69, 9.17) is 28.4 Å². The van der Waals surface area contributed by atoms with Gasteiger partial charge in [-0.25, -0.2) is 0 Å². The molecule has 6 heteroatoms. The van der Waals surface area contributed by atoms with E-state index in [0.29, 0.717) is 34.1 Å². The zero-order valence-corrected chi connectivity index (χ0v) is 24.5. The maximum Gasteiger partial charge on any atom is 0.401 e. The maximum atomic E-state index is 6.41. The second-order valence-electron chi connectivity index (χ2n) is 9.96. The van der Waals surface area contributed by atoms with Crippen LogP contribution in [0.25, 0.3) is 10.8 Å². The fourth-order valence-electron chi connectivity index (χ4n) is 4.88. The van der Waals surface area contributed by atoms with E-state index < -0.39 is 11.9 Å². The molecule has 220 valence electrons. The highest BCUT2D eigenvalue weighted by molar-refractivity contribution is 5.84. The van der Waals surface area contributed by atoms with E-state index in [1.807, 2.05) is 158 Å². The summed E-state index contributed by atoms with van der Waals surface area (Å²) in [6, 6.07) is 49.6. The smallest absolute Gasteiger partial charge is 0.401 e. The third-order valence-corrected chi connectivity index (χ3v) is 7.07. The van der Waals surface area contributed by atoms with E-state index >= 15 is 0 Å². The highest BCUT2D eigenvalue weighted by atomic mass is 16.9. The Labute approximate surface area is 256 Å². The minimum atomic E-state index is -1.56. The molecule has 0 aliphatic carbocycles. The van der Waals surface area contributed by atoms with Gasteiger partial charge in [0.1, 0.15) is 23.0 Å². The fraction of sp³-hybridized carbons (Fsp3) is 0.105. The second-order valence-corrected chi connectivity index (χ2v) is 9.96. The summed E-state index contributed by atoms with van der Waals surface area (Å²) < 4.78 is 37.7. The summed E-state index contributed by atoms with van der Waals surface area (Å²) in [6.07, 6.45) is 0. The number of rotatable bonds is 12. The average Bonchev–Trinajstić information content (AvgIpc) is 3.09. The Hall–Kier alpha value is -5.30. The molecule has 0 saturated heterocycles. The number of hydrogen-bond donors (Lipinski definition) is 0. The molecule has 0 bridgehead atoms. The predicted molar refractivity (Wildman–Crippen MR) is 170 cm³/mol. The van der Waals surface area contributed by atoms with Crippen molar-refractivity contribution in [2.45, 2.75) is 11.9 Å². The van der Waals surface area contributed by atoms with Crippen LogP contribution < -0.4 is 18.9 Å². The molecule has 6 aromatic carbocycles. The Bertz CT molecular complexity index is 1560. The fourth-order valence-corrected chi connectivity index (χ4v) is 4.88. The van der Waals surface area contributed by atoms with Gasteiger partial charge in [0.2, 0.25) is 0 Å².